The summed E-state index contributed by atoms with van der Waals surface area (Å²) in [5.74, 6) is 0. The second-order valence-electron chi connectivity index (χ2n) is 4.45. The Morgan fingerprint density at radius 1 is 1.38 bits per heavy atom. The number of hydrogen-bond donors (Lipinski definition) is 0. The molecular formula is C11H16N2. The second kappa shape index (κ2) is 2.92. The van der Waals surface area contributed by atoms with E-state index in [1.165, 1.54) is 5.69 Å². The van der Waals surface area contributed by atoms with Crippen molar-refractivity contribution in [3.05, 3.63) is 23.0 Å². The molecule has 1 rings (SSSR count). The minimum Gasteiger partial charge on any atom is -0.350 e. The maximum atomic E-state index is 8.86. The van der Waals surface area contributed by atoms with Crippen LogP contribution in [-0.2, 0) is 12.5 Å². The second-order valence-corrected chi connectivity index (χ2v) is 4.45. The number of hydrogen-bond acceptors (Lipinski definition) is 1. The van der Waals surface area contributed by atoms with E-state index in [1.54, 1.807) is 0 Å². The molecule has 0 aliphatic rings. The first-order valence-corrected chi connectivity index (χ1v) is 4.45. The molecule has 1 aromatic rings. The smallest absolute Gasteiger partial charge is 0.101 e. The lowest BCUT2D eigenvalue weighted by Crippen LogP contribution is -2.16. The predicted molar refractivity (Wildman–Crippen MR) is 53.6 cm³/mol. The molecule has 0 aromatic carbocycles. The summed E-state index contributed by atoms with van der Waals surface area (Å²) in [5.41, 5.74) is 3.15. The first-order valence-electron chi connectivity index (χ1n) is 4.45. The summed E-state index contributed by atoms with van der Waals surface area (Å²) in [7, 11) is 2.01. The Bertz CT molecular complexity index is 359. The van der Waals surface area contributed by atoms with Gasteiger partial charge < -0.3 is 4.57 Å². The summed E-state index contributed by atoms with van der Waals surface area (Å²) in [5, 5.41) is 8.86. The van der Waals surface area contributed by atoms with Gasteiger partial charge in [0.2, 0.25) is 0 Å². The largest absolute Gasteiger partial charge is 0.350 e. The third-order valence-corrected chi connectivity index (χ3v) is 2.42. The Morgan fingerprint density at radius 2 is 1.92 bits per heavy atom. The van der Waals surface area contributed by atoms with Crippen molar-refractivity contribution in [3.8, 4) is 6.07 Å². The van der Waals surface area contributed by atoms with Gasteiger partial charge in [-0.3, -0.25) is 0 Å². The van der Waals surface area contributed by atoms with E-state index >= 15 is 0 Å². The Hall–Kier alpha value is -1.23. The predicted octanol–water partition coefficient (Wildman–Crippen LogP) is 2.50. The van der Waals surface area contributed by atoms with Crippen LogP contribution in [0.1, 0.15) is 37.7 Å². The van der Waals surface area contributed by atoms with Gasteiger partial charge >= 0.3 is 0 Å². The normalized spacial score (nSPS) is 11.4. The molecule has 1 heterocycles. The van der Waals surface area contributed by atoms with Crippen LogP contribution in [-0.4, -0.2) is 4.57 Å². The number of nitrogens with zero attached hydrogens (tertiary/aromatic N) is 2. The zero-order chi connectivity index (χ0) is 10.2. The lowest BCUT2D eigenvalue weighted by Gasteiger charge is -2.19. The summed E-state index contributed by atoms with van der Waals surface area (Å²) in [6.07, 6.45) is 0. The molecule has 1 aromatic heterocycles. The molecule has 0 unspecified atom stereocenters. The average Bonchev–Trinajstić information content (AvgIpc) is 2.28. The van der Waals surface area contributed by atoms with Gasteiger partial charge in [-0.2, -0.15) is 5.26 Å². The molecule has 13 heavy (non-hydrogen) atoms. The summed E-state index contributed by atoms with van der Waals surface area (Å²) >= 11 is 0. The molecule has 0 saturated heterocycles. The Morgan fingerprint density at radius 3 is 2.15 bits per heavy atom. The molecule has 0 bridgehead atoms. The number of rotatable bonds is 0. The highest BCUT2D eigenvalue weighted by Gasteiger charge is 2.20. The first kappa shape index (κ1) is 9.85. The Labute approximate surface area is 79.8 Å². The average molecular weight is 176 g/mol. The van der Waals surface area contributed by atoms with Crippen LogP contribution in [0.4, 0.5) is 0 Å². The highest BCUT2D eigenvalue weighted by atomic mass is 15.0. The molecule has 2 heteroatoms. The van der Waals surface area contributed by atoms with Crippen LogP contribution in [0.3, 0.4) is 0 Å². The van der Waals surface area contributed by atoms with Crippen LogP contribution in [0, 0.1) is 18.3 Å². The fourth-order valence-corrected chi connectivity index (χ4v) is 1.53. The maximum absolute atomic E-state index is 8.86. The molecule has 0 fully saturated rings. The number of nitriles is 1. The van der Waals surface area contributed by atoms with Crippen LogP contribution in [0.5, 0.6) is 0 Å². The van der Waals surface area contributed by atoms with E-state index in [4.69, 9.17) is 5.26 Å². The zero-order valence-corrected chi connectivity index (χ0v) is 8.97. The highest BCUT2D eigenvalue weighted by molar-refractivity contribution is 5.39. The highest BCUT2D eigenvalue weighted by Crippen LogP contribution is 2.25. The van der Waals surface area contributed by atoms with Crippen molar-refractivity contribution >= 4 is 0 Å². The van der Waals surface area contributed by atoms with Gasteiger partial charge in [0.05, 0.1) is 5.56 Å². The molecule has 0 radical (unpaired) electrons. The monoisotopic (exact) mass is 176 g/mol. The molecule has 0 atom stereocenters. The minimum atomic E-state index is 0.106. The molecule has 0 N–H and O–H groups in total. The van der Waals surface area contributed by atoms with Crippen molar-refractivity contribution in [3.63, 3.8) is 0 Å². The van der Waals surface area contributed by atoms with Gasteiger partial charge in [-0.25, -0.2) is 0 Å². The lowest BCUT2D eigenvalue weighted by atomic mass is 9.92. The molecule has 70 valence electrons. The lowest BCUT2D eigenvalue weighted by molar-refractivity contribution is 0.540. The molecule has 0 spiro atoms. The van der Waals surface area contributed by atoms with Crippen molar-refractivity contribution in [1.82, 2.24) is 4.57 Å². The summed E-state index contributed by atoms with van der Waals surface area (Å²) in [6.45, 7) is 8.45. The Balaban J connectivity index is 3.36. The number of aromatic nitrogens is 1. The third kappa shape index (κ3) is 1.60. The molecule has 0 amide bonds. The molecule has 0 aliphatic carbocycles. The van der Waals surface area contributed by atoms with Gasteiger partial charge in [0.1, 0.15) is 6.07 Å². The summed E-state index contributed by atoms with van der Waals surface area (Å²) in [6, 6.07) is 4.19. The molecule has 2 nitrogen and oxygen atoms in total. The van der Waals surface area contributed by atoms with Crippen LogP contribution < -0.4 is 0 Å². The first-order chi connectivity index (χ1) is 5.88. The van der Waals surface area contributed by atoms with Crippen LogP contribution >= 0.6 is 0 Å². The van der Waals surface area contributed by atoms with E-state index in [9.17, 15) is 0 Å². The topological polar surface area (TPSA) is 28.7 Å². The van der Waals surface area contributed by atoms with Crippen molar-refractivity contribution < 1.29 is 0 Å². The third-order valence-electron chi connectivity index (χ3n) is 2.42. The molecule has 0 saturated carbocycles. The fraction of sp³-hybridized carbons (Fsp3) is 0.545. The Kier molecular flexibility index (Phi) is 2.21. The van der Waals surface area contributed by atoms with Crippen molar-refractivity contribution in [2.24, 2.45) is 7.05 Å². The van der Waals surface area contributed by atoms with Gasteiger partial charge in [-0.15, -0.1) is 0 Å². The van der Waals surface area contributed by atoms with Gasteiger partial charge in [0.25, 0.3) is 0 Å². The molecule has 0 aliphatic heterocycles. The van der Waals surface area contributed by atoms with Crippen LogP contribution in [0.15, 0.2) is 6.07 Å². The van der Waals surface area contributed by atoms with E-state index in [-0.39, 0.29) is 5.41 Å². The van der Waals surface area contributed by atoms with Gasteiger partial charge in [0, 0.05) is 23.9 Å². The van der Waals surface area contributed by atoms with E-state index in [1.807, 2.05) is 20.0 Å². The van der Waals surface area contributed by atoms with Crippen LogP contribution in [0.2, 0.25) is 0 Å². The molecular weight excluding hydrogens is 160 g/mol. The van der Waals surface area contributed by atoms with E-state index in [0.29, 0.717) is 0 Å². The fourth-order valence-electron chi connectivity index (χ4n) is 1.53. The van der Waals surface area contributed by atoms with Gasteiger partial charge in [-0.1, -0.05) is 20.8 Å². The van der Waals surface area contributed by atoms with E-state index in [2.05, 4.69) is 31.4 Å². The summed E-state index contributed by atoms with van der Waals surface area (Å²) < 4.78 is 2.10. The zero-order valence-electron chi connectivity index (χ0n) is 8.97. The minimum absolute atomic E-state index is 0.106. The van der Waals surface area contributed by atoms with Gasteiger partial charge in [0.15, 0.2) is 0 Å². The van der Waals surface area contributed by atoms with Crippen LogP contribution in [0.25, 0.3) is 0 Å². The van der Waals surface area contributed by atoms with Crippen molar-refractivity contribution in [2.45, 2.75) is 33.1 Å². The van der Waals surface area contributed by atoms with E-state index < -0.39 is 0 Å². The summed E-state index contributed by atoms with van der Waals surface area (Å²) in [4.78, 5) is 0. The van der Waals surface area contributed by atoms with Gasteiger partial charge in [-0.05, 0) is 13.0 Å². The standard InChI is InChI=1S/C11H16N2/c1-8-9(7-12)6-10(13(8)5)11(2,3)4/h6H,1-5H3. The maximum Gasteiger partial charge on any atom is 0.101 e. The quantitative estimate of drug-likeness (QED) is 0.597. The van der Waals surface area contributed by atoms with Crippen molar-refractivity contribution in [2.75, 3.05) is 0 Å². The van der Waals surface area contributed by atoms with Crippen molar-refractivity contribution in [1.29, 1.82) is 5.26 Å². The van der Waals surface area contributed by atoms with E-state index in [0.717, 1.165) is 11.3 Å². The SMILES string of the molecule is Cc1c(C#N)cc(C(C)(C)C)n1C.